The maximum atomic E-state index is 10.8. The van der Waals surface area contributed by atoms with Crippen LogP contribution in [0, 0.1) is 0 Å². The number of phenolic OH excluding ortho intramolecular Hbond substituents is 1. The smallest absolute Gasteiger partial charge is 0.247 e. The Morgan fingerprint density at radius 1 is 0.929 bits per heavy atom. The summed E-state index contributed by atoms with van der Waals surface area (Å²) in [7, 11) is 0. The fourth-order valence-electron chi connectivity index (χ4n) is 1.24. The molecule has 1 aromatic carbocycles. The van der Waals surface area contributed by atoms with Crippen molar-refractivity contribution in [3.63, 3.8) is 0 Å². The Labute approximate surface area is 80.7 Å². The van der Waals surface area contributed by atoms with E-state index in [2.05, 4.69) is 4.98 Å². The molecule has 0 atom stereocenters. The van der Waals surface area contributed by atoms with E-state index in [0.717, 1.165) is 11.1 Å². The fraction of sp³-hybridized carbons (Fsp3) is 0. The van der Waals surface area contributed by atoms with Crippen LogP contribution in [0.15, 0.2) is 47.4 Å². The van der Waals surface area contributed by atoms with Crippen LogP contribution in [0.1, 0.15) is 0 Å². The van der Waals surface area contributed by atoms with Crippen molar-refractivity contribution in [3.8, 4) is 16.9 Å². The molecule has 0 aliphatic carbocycles. The molecule has 0 radical (unpaired) electrons. The number of rotatable bonds is 1. The Morgan fingerprint density at radius 3 is 2.14 bits per heavy atom. The predicted octanol–water partition coefficient (Wildman–Crippen LogP) is 1.75. The van der Waals surface area contributed by atoms with Crippen LogP contribution in [0.4, 0.5) is 0 Å². The molecule has 1 heterocycles. The summed E-state index contributed by atoms with van der Waals surface area (Å²) in [4.78, 5) is 13.4. The van der Waals surface area contributed by atoms with Crippen LogP contribution in [0.5, 0.6) is 5.75 Å². The lowest BCUT2D eigenvalue weighted by Gasteiger charge is -2.00. The third-order valence-electron chi connectivity index (χ3n) is 1.98. The normalized spacial score (nSPS) is 10.0. The quantitative estimate of drug-likeness (QED) is 0.714. The van der Waals surface area contributed by atoms with Crippen LogP contribution in [0.3, 0.4) is 0 Å². The second-order valence-corrected chi connectivity index (χ2v) is 2.99. The molecule has 0 fully saturated rings. The highest BCUT2D eigenvalue weighted by molar-refractivity contribution is 5.62. The molecule has 2 rings (SSSR count). The Bertz CT molecular complexity index is 465. The van der Waals surface area contributed by atoms with E-state index >= 15 is 0 Å². The molecule has 14 heavy (non-hydrogen) atoms. The number of pyridine rings is 1. The first-order valence-corrected chi connectivity index (χ1v) is 4.24. The van der Waals surface area contributed by atoms with Gasteiger partial charge in [-0.1, -0.05) is 12.1 Å². The minimum atomic E-state index is -0.118. The van der Waals surface area contributed by atoms with Crippen molar-refractivity contribution in [2.75, 3.05) is 0 Å². The number of aromatic nitrogens is 1. The van der Waals surface area contributed by atoms with E-state index in [1.165, 1.54) is 6.07 Å². The van der Waals surface area contributed by atoms with Crippen molar-refractivity contribution >= 4 is 0 Å². The highest BCUT2D eigenvalue weighted by Crippen LogP contribution is 2.19. The summed E-state index contributed by atoms with van der Waals surface area (Å²) in [5, 5.41) is 9.09. The number of nitrogens with one attached hydrogen (secondary N) is 1. The Balaban J connectivity index is 2.44. The number of H-pyrrole nitrogens is 1. The van der Waals surface area contributed by atoms with Gasteiger partial charge in [0.2, 0.25) is 5.56 Å². The number of aromatic hydroxyl groups is 1. The molecule has 0 aliphatic rings. The van der Waals surface area contributed by atoms with Crippen molar-refractivity contribution in [3.05, 3.63) is 52.9 Å². The summed E-state index contributed by atoms with van der Waals surface area (Å²) >= 11 is 0. The zero-order valence-electron chi connectivity index (χ0n) is 7.40. The molecule has 3 heteroatoms. The SMILES string of the molecule is O=c1ccc(-c2ccc(O)cc2)c[nH]1. The lowest BCUT2D eigenvalue weighted by Crippen LogP contribution is -2.01. The molecule has 0 saturated carbocycles. The molecule has 2 aromatic rings. The first-order valence-electron chi connectivity index (χ1n) is 4.24. The van der Waals surface area contributed by atoms with E-state index in [1.807, 2.05) is 0 Å². The van der Waals surface area contributed by atoms with Crippen LogP contribution >= 0.6 is 0 Å². The molecule has 0 saturated heterocycles. The Kier molecular flexibility index (Phi) is 2.07. The Hall–Kier alpha value is -2.03. The van der Waals surface area contributed by atoms with E-state index in [1.54, 1.807) is 36.5 Å². The molecular weight excluding hydrogens is 178 g/mol. The van der Waals surface area contributed by atoms with E-state index in [-0.39, 0.29) is 11.3 Å². The van der Waals surface area contributed by atoms with Crippen molar-refractivity contribution in [1.82, 2.24) is 4.98 Å². The summed E-state index contributed by atoms with van der Waals surface area (Å²) in [6, 6.07) is 10.0. The zero-order valence-corrected chi connectivity index (χ0v) is 7.40. The first-order chi connectivity index (χ1) is 6.75. The predicted molar refractivity (Wildman–Crippen MR) is 54.2 cm³/mol. The fourth-order valence-corrected chi connectivity index (χ4v) is 1.24. The monoisotopic (exact) mass is 187 g/mol. The van der Waals surface area contributed by atoms with E-state index < -0.39 is 0 Å². The van der Waals surface area contributed by atoms with Gasteiger partial charge in [0.05, 0.1) is 0 Å². The lowest BCUT2D eigenvalue weighted by molar-refractivity contribution is 0.475. The highest BCUT2D eigenvalue weighted by Gasteiger charge is 1.96. The summed E-state index contributed by atoms with van der Waals surface area (Å²) in [6.45, 7) is 0. The summed E-state index contributed by atoms with van der Waals surface area (Å²) in [6.07, 6.45) is 1.65. The average molecular weight is 187 g/mol. The third kappa shape index (κ3) is 1.66. The van der Waals surface area contributed by atoms with Gasteiger partial charge in [-0.15, -0.1) is 0 Å². The second kappa shape index (κ2) is 3.38. The molecule has 2 N–H and O–H groups in total. The summed E-state index contributed by atoms with van der Waals surface area (Å²) in [5.41, 5.74) is 1.76. The van der Waals surface area contributed by atoms with Gasteiger partial charge in [-0.25, -0.2) is 0 Å². The van der Waals surface area contributed by atoms with E-state index in [4.69, 9.17) is 5.11 Å². The van der Waals surface area contributed by atoms with Crippen LogP contribution in [-0.2, 0) is 0 Å². The maximum absolute atomic E-state index is 10.8. The van der Waals surface area contributed by atoms with Gasteiger partial charge in [-0.05, 0) is 29.3 Å². The van der Waals surface area contributed by atoms with Gasteiger partial charge in [-0.3, -0.25) is 4.79 Å². The number of aromatic amines is 1. The van der Waals surface area contributed by atoms with Crippen molar-refractivity contribution < 1.29 is 5.11 Å². The summed E-state index contributed by atoms with van der Waals surface area (Å²) in [5.74, 6) is 0.234. The first kappa shape index (κ1) is 8.56. The third-order valence-corrected chi connectivity index (χ3v) is 1.98. The van der Waals surface area contributed by atoms with Gasteiger partial charge >= 0.3 is 0 Å². The second-order valence-electron chi connectivity index (χ2n) is 2.99. The largest absolute Gasteiger partial charge is 0.508 e. The average Bonchev–Trinajstić information content (AvgIpc) is 2.21. The molecule has 0 bridgehead atoms. The van der Waals surface area contributed by atoms with E-state index in [0.29, 0.717) is 0 Å². The number of phenols is 1. The van der Waals surface area contributed by atoms with Gasteiger partial charge in [0, 0.05) is 12.3 Å². The van der Waals surface area contributed by atoms with Crippen LogP contribution in [0.2, 0.25) is 0 Å². The van der Waals surface area contributed by atoms with Crippen molar-refractivity contribution in [2.24, 2.45) is 0 Å². The van der Waals surface area contributed by atoms with Gasteiger partial charge in [0.25, 0.3) is 0 Å². The molecular formula is C11H9NO2. The zero-order chi connectivity index (χ0) is 9.97. The van der Waals surface area contributed by atoms with Crippen molar-refractivity contribution in [2.45, 2.75) is 0 Å². The van der Waals surface area contributed by atoms with Crippen LogP contribution < -0.4 is 5.56 Å². The topological polar surface area (TPSA) is 53.1 Å². The number of hydrogen-bond acceptors (Lipinski definition) is 2. The Morgan fingerprint density at radius 2 is 1.57 bits per heavy atom. The highest BCUT2D eigenvalue weighted by atomic mass is 16.3. The minimum Gasteiger partial charge on any atom is -0.508 e. The molecule has 0 amide bonds. The van der Waals surface area contributed by atoms with Gasteiger partial charge in [0.1, 0.15) is 5.75 Å². The summed E-state index contributed by atoms with van der Waals surface area (Å²) < 4.78 is 0. The molecule has 0 aliphatic heterocycles. The molecule has 3 nitrogen and oxygen atoms in total. The number of benzene rings is 1. The van der Waals surface area contributed by atoms with Gasteiger partial charge in [0.15, 0.2) is 0 Å². The molecule has 0 spiro atoms. The molecule has 0 unspecified atom stereocenters. The van der Waals surface area contributed by atoms with Gasteiger partial charge in [-0.2, -0.15) is 0 Å². The lowest BCUT2D eigenvalue weighted by atomic mass is 10.1. The minimum absolute atomic E-state index is 0.118. The van der Waals surface area contributed by atoms with Crippen LogP contribution in [0.25, 0.3) is 11.1 Å². The molecule has 70 valence electrons. The molecule has 1 aromatic heterocycles. The van der Waals surface area contributed by atoms with Crippen LogP contribution in [-0.4, -0.2) is 10.1 Å². The van der Waals surface area contributed by atoms with E-state index in [9.17, 15) is 4.79 Å². The van der Waals surface area contributed by atoms with Gasteiger partial charge < -0.3 is 10.1 Å². The maximum Gasteiger partial charge on any atom is 0.247 e. The standard InChI is InChI=1S/C11H9NO2/c13-10-4-1-8(2-5-10)9-3-6-11(14)12-7-9/h1-7,13H,(H,12,14). The number of hydrogen-bond donors (Lipinski definition) is 2. The van der Waals surface area contributed by atoms with Crippen molar-refractivity contribution in [1.29, 1.82) is 0 Å².